The Morgan fingerprint density at radius 2 is 0.340 bits per heavy atom. The van der Waals surface area contributed by atoms with E-state index < -0.39 is 222 Å². The van der Waals surface area contributed by atoms with Gasteiger partial charge in [-0.05, 0) is 6.92 Å². The normalized spacial score (nSPS) is 16.7. The van der Waals surface area contributed by atoms with Crippen molar-refractivity contribution < 1.29 is 278 Å². The smallest absolute Gasteiger partial charge is 0.394 e. The predicted octanol–water partition coefficient (Wildman–Crippen LogP) is 14.5. The minimum Gasteiger partial charge on any atom is -0.394 e. The van der Waals surface area contributed by atoms with Crippen LogP contribution >= 0.6 is 0 Å². The maximum atomic E-state index is 13.3. The molecule has 0 aromatic rings. The van der Waals surface area contributed by atoms with Crippen LogP contribution in [0, 0.1) is 0 Å². The van der Waals surface area contributed by atoms with Crippen molar-refractivity contribution in [2.45, 2.75) is 181 Å². The first-order chi connectivity index (χ1) is 42.1. The average molecular weight is 1690 g/mol. The second-order valence-corrected chi connectivity index (χ2v) is 23.3. The molecule has 0 aliphatic rings. The van der Waals surface area contributed by atoms with Crippen LogP contribution in [0.4, 0.5) is 224 Å². The standard InChI is InChI=1S/3C10H5F17O3S.C4H10O3/c3*11-3(12,1-2-31(28,29)30)4(13,14)5(15,16)6(17,18)7(19,20)8(21,22)9(23,24)10(25,26)27;1-3(6)4(7)2-5/h3*1-2H2,(H,28,29,30);3-7H,2H2,1H3. The van der Waals surface area contributed by atoms with Gasteiger partial charge in [0.2, 0.25) is 0 Å². The van der Waals surface area contributed by atoms with Gasteiger partial charge in [-0.2, -0.15) is 249 Å². The fourth-order valence-electron chi connectivity index (χ4n) is 4.98. The topological polar surface area (TPSA) is 224 Å². The Morgan fingerprint density at radius 1 is 0.230 bits per heavy atom. The van der Waals surface area contributed by atoms with E-state index in [1.54, 1.807) is 0 Å². The molecular weight excluding hydrogens is 1670 g/mol. The van der Waals surface area contributed by atoms with Crippen LogP contribution in [0.3, 0.4) is 0 Å². The number of alkyl halides is 51. The summed E-state index contributed by atoms with van der Waals surface area (Å²) in [4.78, 5) is 0. The average Bonchev–Trinajstić information content (AvgIpc) is 0.708. The number of aliphatic hydroxyl groups excluding tert-OH is 3. The van der Waals surface area contributed by atoms with Crippen molar-refractivity contribution in [3.63, 3.8) is 0 Å². The number of aliphatic hydroxyl groups is 3. The fourth-order valence-corrected chi connectivity index (χ4v) is 6.53. The highest BCUT2D eigenvalue weighted by Gasteiger charge is 2.98. The lowest BCUT2D eigenvalue weighted by atomic mass is 9.88. The summed E-state index contributed by atoms with van der Waals surface area (Å²) in [5, 5.41) is 24.9. The van der Waals surface area contributed by atoms with Gasteiger partial charge < -0.3 is 15.3 Å². The molecule has 6 N–H and O–H groups in total. The van der Waals surface area contributed by atoms with Crippen LogP contribution in [-0.4, -0.2) is 233 Å². The quantitative estimate of drug-likeness (QED) is 0.0304. The molecule has 0 spiro atoms. The van der Waals surface area contributed by atoms with Crippen molar-refractivity contribution in [3.8, 4) is 0 Å². The zero-order valence-electron chi connectivity index (χ0n) is 44.7. The third kappa shape index (κ3) is 18.1. The molecule has 0 aromatic carbocycles. The molecule has 12 nitrogen and oxygen atoms in total. The molecule has 0 saturated carbocycles. The van der Waals surface area contributed by atoms with Crippen molar-refractivity contribution in [1.29, 1.82) is 0 Å². The third-order valence-electron chi connectivity index (χ3n) is 11.1. The van der Waals surface area contributed by atoms with Crippen LogP contribution < -0.4 is 0 Å². The van der Waals surface area contributed by atoms with E-state index in [1.807, 2.05) is 0 Å². The van der Waals surface area contributed by atoms with Crippen LogP contribution in [0.25, 0.3) is 0 Å². The van der Waals surface area contributed by atoms with Gasteiger partial charge in [-0.1, -0.05) is 0 Å². The molecular formula is C34H25F51O12S3. The van der Waals surface area contributed by atoms with Crippen molar-refractivity contribution in [2.75, 3.05) is 23.9 Å². The predicted molar refractivity (Wildman–Crippen MR) is 210 cm³/mol. The first-order valence-electron chi connectivity index (χ1n) is 22.0. The van der Waals surface area contributed by atoms with Crippen molar-refractivity contribution >= 4 is 30.4 Å². The first-order valence-corrected chi connectivity index (χ1v) is 26.8. The zero-order valence-corrected chi connectivity index (χ0v) is 47.2. The molecule has 0 bridgehead atoms. The molecule has 0 aromatic heterocycles. The Bertz CT molecular complexity index is 2750. The maximum Gasteiger partial charge on any atom is 0.460 e. The lowest BCUT2D eigenvalue weighted by Gasteiger charge is -2.42. The third-order valence-corrected chi connectivity index (χ3v) is 13.3. The summed E-state index contributed by atoms with van der Waals surface area (Å²) in [5.41, 5.74) is 0. The minimum atomic E-state index is -8.74. The van der Waals surface area contributed by atoms with Gasteiger partial charge >= 0.3 is 143 Å². The van der Waals surface area contributed by atoms with Crippen molar-refractivity contribution in [2.24, 2.45) is 0 Å². The van der Waals surface area contributed by atoms with Crippen LogP contribution in [0.15, 0.2) is 0 Å². The van der Waals surface area contributed by atoms with Gasteiger partial charge in [-0.25, -0.2) is 0 Å². The summed E-state index contributed by atoms with van der Waals surface area (Å²) in [6.45, 7) is 1.04. The second kappa shape index (κ2) is 28.7. The van der Waals surface area contributed by atoms with Crippen LogP contribution in [0.1, 0.15) is 26.2 Å². The summed E-state index contributed by atoms with van der Waals surface area (Å²) < 4.78 is 741. The van der Waals surface area contributed by atoms with Gasteiger partial charge in [0.15, 0.2) is 0 Å². The van der Waals surface area contributed by atoms with Gasteiger partial charge in [-0.15, -0.1) is 0 Å². The molecule has 66 heteroatoms. The molecule has 0 amide bonds. The molecule has 0 rings (SSSR count). The Balaban J connectivity index is -0.000000657. The highest BCUT2D eigenvalue weighted by atomic mass is 32.2. The zero-order chi connectivity index (χ0) is 83.6. The summed E-state index contributed by atoms with van der Waals surface area (Å²) in [7, 11) is -17.2. The van der Waals surface area contributed by atoms with E-state index in [2.05, 4.69) is 0 Å². The Morgan fingerprint density at radius 3 is 0.420 bits per heavy atom. The fraction of sp³-hybridized carbons (Fsp3) is 1.00. The first kappa shape index (κ1) is 102. The van der Waals surface area contributed by atoms with Gasteiger partial charge in [0.25, 0.3) is 30.4 Å². The molecule has 0 radical (unpaired) electrons. The molecule has 0 aliphatic carbocycles. The molecule has 0 heterocycles. The van der Waals surface area contributed by atoms with Crippen LogP contribution in [0.5, 0.6) is 0 Å². The van der Waals surface area contributed by atoms with E-state index in [4.69, 9.17) is 29.0 Å². The number of halogens is 51. The number of hydrogen-bond acceptors (Lipinski definition) is 9. The monoisotopic (exact) mass is 1690 g/mol. The summed E-state index contributed by atoms with van der Waals surface area (Å²) in [6.07, 6.45) is -35.0. The van der Waals surface area contributed by atoms with Gasteiger partial charge in [-0.3, -0.25) is 13.7 Å². The molecule has 0 fully saturated rings. The van der Waals surface area contributed by atoms with Crippen molar-refractivity contribution in [1.82, 2.24) is 0 Å². The van der Waals surface area contributed by atoms with Crippen LogP contribution in [-0.2, 0) is 30.4 Å². The second-order valence-electron chi connectivity index (χ2n) is 18.5. The molecule has 0 saturated heterocycles. The highest BCUT2D eigenvalue weighted by Crippen LogP contribution is 2.68. The molecule has 2 unspecified atom stereocenters. The van der Waals surface area contributed by atoms with Crippen LogP contribution in [0.2, 0.25) is 0 Å². The van der Waals surface area contributed by atoms with Gasteiger partial charge in [0.1, 0.15) is 6.10 Å². The Labute approximate surface area is 514 Å². The van der Waals surface area contributed by atoms with Crippen molar-refractivity contribution in [3.05, 3.63) is 0 Å². The van der Waals surface area contributed by atoms with E-state index in [0.717, 1.165) is 0 Å². The minimum absolute atomic E-state index is 0.377. The van der Waals surface area contributed by atoms with E-state index >= 15 is 0 Å². The summed E-state index contributed by atoms with van der Waals surface area (Å²) in [5.74, 6) is -181. The highest BCUT2D eigenvalue weighted by molar-refractivity contribution is 7.86. The van der Waals surface area contributed by atoms with E-state index in [0.29, 0.717) is 0 Å². The lowest BCUT2D eigenvalue weighted by molar-refractivity contribution is -0.461. The van der Waals surface area contributed by atoms with Gasteiger partial charge in [0.05, 0.1) is 30.0 Å². The number of rotatable bonds is 29. The largest absolute Gasteiger partial charge is 0.460 e. The number of hydrogen-bond donors (Lipinski definition) is 6. The lowest BCUT2D eigenvalue weighted by Crippen LogP contribution is -2.74. The van der Waals surface area contributed by atoms with E-state index in [9.17, 15) is 249 Å². The SMILES string of the molecule is CC(O)C(O)CO.O=S(=O)(O)CCC(F)(F)C(F)(F)C(F)(F)C(F)(F)C(F)(F)C(F)(F)C(F)(F)C(F)(F)F.O=S(=O)(O)CCC(F)(F)C(F)(F)C(F)(F)C(F)(F)C(F)(F)C(F)(F)C(F)(F)C(F)(F)F.O=S(=O)(O)CCC(F)(F)C(F)(F)C(F)(F)C(F)(F)C(F)(F)C(F)(F)C(F)(F)C(F)(F)F. The Kier molecular flexibility index (Phi) is 29.4. The molecule has 2 atom stereocenters. The van der Waals surface area contributed by atoms with E-state index in [-0.39, 0.29) is 6.61 Å². The molecule has 608 valence electrons. The maximum absolute atomic E-state index is 13.3. The van der Waals surface area contributed by atoms with Gasteiger partial charge in [0, 0.05) is 19.3 Å². The molecule has 100 heavy (non-hydrogen) atoms. The summed E-state index contributed by atoms with van der Waals surface area (Å²) >= 11 is 0. The molecule has 0 aliphatic heterocycles. The Hall–Kier alpha value is -3.96. The summed E-state index contributed by atoms with van der Waals surface area (Å²) in [6, 6.07) is 0. The van der Waals surface area contributed by atoms with E-state index in [1.165, 1.54) is 6.92 Å².